The van der Waals surface area contributed by atoms with E-state index in [2.05, 4.69) is 15.5 Å². The number of hydrogen-bond donors (Lipinski definition) is 1. The van der Waals surface area contributed by atoms with Crippen LogP contribution >= 0.6 is 11.3 Å². The van der Waals surface area contributed by atoms with Crippen LogP contribution in [-0.4, -0.2) is 40.4 Å². The minimum atomic E-state index is -4.16. The predicted molar refractivity (Wildman–Crippen MR) is 68.2 cm³/mol. The largest absolute Gasteiger partial charge is 0.401 e. The van der Waals surface area contributed by atoms with Crippen molar-refractivity contribution in [3.63, 3.8) is 0 Å². The predicted octanol–water partition coefficient (Wildman–Crippen LogP) is 2.89. The van der Waals surface area contributed by atoms with Gasteiger partial charge < -0.3 is 5.32 Å². The van der Waals surface area contributed by atoms with E-state index in [0.29, 0.717) is 10.1 Å². The molecule has 0 unspecified atom stereocenters. The molecule has 2 rings (SSSR count). The van der Waals surface area contributed by atoms with Gasteiger partial charge in [-0.25, -0.2) is 0 Å². The van der Waals surface area contributed by atoms with Crippen molar-refractivity contribution in [2.45, 2.75) is 44.9 Å². The second-order valence-electron chi connectivity index (χ2n) is 4.68. The molecule has 0 saturated heterocycles. The van der Waals surface area contributed by atoms with Crippen molar-refractivity contribution in [1.82, 2.24) is 15.1 Å². The Balaban J connectivity index is 1.91. The lowest BCUT2D eigenvalue weighted by molar-refractivity contribution is -0.148. The van der Waals surface area contributed by atoms with Gasteiger partial charge in [-0.2, -0.15) is 13.2 Å². The molecule has 1 aromatic rings. The molecule has 4 nitrogen and oxygen atoms in total. The van der Waals surface area contributed by atoms with E-state index in [9.17, 15) is 13.2 Å². The summed E-state index contributed by atoms with van der Waals surface area (Å²) in [5.41, 5.74) is 0. The maximum Gasteiger partial charge on any atom is 0.401 e. The molecule has 1 aliphatic rings. The summed E-state index contributed by atoms with van der Waals surface area (Å²) in [7, 11) is 0. The molecule has 0 atom stereocenters. The van der Waals surface area contributed by atoms with Crippen LogP contribution in [0.4, 0.5) is 18.3 Å². The van der Waals surface area contributed by atoms with Crippen LogP contribution in [0, 0.1) is 0 Å². The fourth-order valence-corrected chi connectivity index (χ4v) is 2.57. The van der Waals surface area contributed by atoms with Gasteiger partial charge >= 0.3 is 6.18 Å². The molecule has 19 heavy (non-hydrogen) atoms. The van der Waals surface area contributed by atoms with Crippen LogP contribution in [0.5, 0.6) is 0 Å². The Morgan fingerprint density at radius 1 is 1.37 bits per heavy atom. The number of aromatic nitrogens is 2. The van der Waals surface area contributed by atoms with E-state index >= 15 is 0 Å². The first kappa shape index (κ1) is 14.5. The normalized spacial score (nSPS) is 16.1. The van der Waals surface area contributed by atoms with Gasteiger partial charge in [0.15, 0.2) is 0 Å². The van der Waals surface area contributed by atoms with Crippen molar-refractivity contribution in [2.75, 3.05) is 18.4 Å². The van der Waals surface area contributed by atoms with Crippen LogP contribution in [0.1, 0.15) is 31.2 Å². The fourth-order valence-electron chi connectivity index (χ4n) is 1.78. The number of nitrogens with zero attached hydrogens (tertiary/aromatic N) is 3. The highest BCUT2D eigenvalue weighted by Crippen LogP contribution is 2.32. The first-order valence-corrected chi connectivity index (χ1v) is 7.16. The summed E-state index contributed by atoms with van der Waals surface area (Å²) in [5, 5.41) is 12.3. The van der Waals surface area contributed by atoms with Gasteiger partial charge in [0.25, 0.3) is 0 Å². The second-order valence-corrected chi connectivity index (χ2v) is 5.74. The molecule has 8 heteroatoms. The third-order valence-electron chi connectivity index (χ3n) is 2.78. The van der Waals surface area contributed by atoms with Gasteiger partial charge in [0.2, 0.25) is 5.13 Å². The summed E-state index contributed by atoms with van der Waals surface area (Å²) < 4.78 is 37.4. The van der Waals surface area contributed by atoms with E-state index in [1.165, 1.54) is 16.2 Å². The molecule has 1 N–H and O–H groups in total. The van der Waals surface area contributed by atoms with Gasteiger partial charge in [0.1, 0.15) is 5.01 Å². The fraction of sp³-hybridized carbons (Fsp3) is 0.818. The molecule has 1 heterocycles. The summed E-state index contributed by atoms with van der Waals surface area (Å²) in [6.45, 7) is 2.20. The molecule has 1 saturated carbocycles. The lowest BCUT2D eigenvalue weighted by Crippen LogP contribution is -2.35. The third-order valence-corrected chi connectivity index (χ3v) is 3.64. The van der Waals surface area contributed by atoms with Crippen LogP contribution in [0.15, 0.2) is 0 Å². The monoisotopic (exact) mass is 294 g/mol. The Bertz CT molecular complexity index is 403. The Labute approximate surface area is 114 Å². The summed E-state index contributed by atoms with van der Waals surface area (Å²) in [6, 6.07) is 0.0533. The highest BCUT2D eigenvalue weighted by molar-refractivity contribution is 7.15. The van der Waals surface area contributed by atoms with Crippen LogP contribution in [0.3, 0.4) is 0 Å². The van der Waals surface area contributed by atoms with Crippen molar-refractivity contribution in [3.8, 4) is 0 Å². The Kier molecular flexibility index (Phi) is 4.62. The van der Waals surface area contributed by atoms with E-state index in [0.717, 1.165) is 25.8 Å². The maximum absolute atomic E-state index is 12.5. The van der Waals surface area contributed by atoms with Crippen LogP contribution in [0.25, 0.3) is 0 Å². The quantitative estimate of drug-likeness (QED) is 0.839. The van der Waals surface area contributed by atoms with Gasteiger partial charge in [0, 0.05) is 12.6 Å². The van der Waals surface area contributed by atoms with Crippen molar-refractivity contribution in [2.24, 2.45) is 0 Å². The minimum absolute atomic E-state index is 0.0533. The number of anilines is 1. The number of halogens is 3. The first-order chi connectivity index (χ1) is 8.98. The minimum Gasteiger partial charge on any atom is -0.360 e. The molecule has 108 valence electrons. The lowest BCUT2D eigenvalue weighted by atomic mass is 10.4. The molecule has 0 spiro atoms. The smallest absolute Gasteiger partial charge is 0.360 e. The molecule has 0 aromatic carbocycles. The molecule has 0 bridgehead atoms. The van der Waals surface area contributed by atoms with E-state index in [4.69, 9.17) is 0 Å². The zero-order chi connectivity index (χ0) is 13.9. The van der Waals surface area contributed by atoms with Crippen molar-refractivity contribution in [1.29, 1.82) is 0 Å². The zero-order valence-electron chi connectivity index (χ0n) is 10.7. The molecule has 1 fully saturated rings. The van der Waals surface area contributed by atoms with E-state index in [1.54, 1.807) is 0 Å². The van der Waals surface area contributed by atoms with Gasteiger partial charge in [-0.1, -0.05) is 18.3 Å². The van der Waals surface area contributed by atoms with Crippen LogP contribution in [-0.2, 0) is 6.54 Å². The number of nitrogens with one attached hydrogen (secondary N) is 1. The molecule has 1 aromatic heterocycles. The lowest BCUT2D eigenvalue weighted by Gasteiger charge is -2.21. The SMILES string of the molecule is CCCNc1nnc(CN(CC(F)(F)F)C2CC2)s1. The molecule has 1 aliphatic carbocycles. The van der Waals surface area contributed by atoms with Crippen molar-refractivity contribution in [3.05, 3.63) is 5.01 Å². The molecule has 0 amide bonds. The number of alkyl halides is 3. The van der Waals surface area contributed by atoms with E-state index in [1.807, 2.05) is 6.92 Å². The van der Waals surface area contributed by atoms with Crippen molar-refractivity contribution >= 4 is 16.5 Å². The van der Waals surface area contributed by atoms with E-state index < -0.39 is 12.7 Å². The number of rotatable bonds is 7. The molecule has 0 aliphatic heterocycles. The van der Waals surface area contributed by atoms with E-state index in [-0.39, 0.29) is 12.6 Å². The average Bonchev–Trinajstić information content (AvgIpc) is 3.07. The Morgan fingerprint density at radius 3 is 2.68 bits per heavy atom. The molecular weight excluding hydrogens is 277 g/mol. The molecule has 0 radical (unpaired) electrons. The highest BCUT2D eigenvalue weighted by atomic mass is 32.1. The van der Waals surface area contributed by atoms with Crippen LogP contribution < -0.4 is 5.32 Å². The highest BCUT2D eigenvalue weighted by Gasteiger charge is 2.38. The zero-order valence-corrected chi connectivity index (χ0v) is 11.5. The Morgan fingerprint density at radius 2 is 2.11 bits per heavy atom. The summed E-state index contributed by atoms with van der Waals surface area (Å²) in [6.07, 6.45) is -1.50. The third kappa shape index (κ3) is 4.94. The summed E-state index contributed by atoms with van der Waals surface area (Å²) in [5.74, 6) is 0. The number of hydrogen-bond acceptors (Lipinski definition) is 5. The standard InChI is InChI=1S/C11H17F3N4S/c1-2-5-15-10-17-16-9(19-10)6-18(8-3-4-8)7-11(12,13)14/h8H,2-7H2,1H3,(H,15,17). The van der Waals surface area contributed by atoms with Crippen molar-refractivity contribution < 1.29 is 13.2 Å². The Hall–Kier alpha value is -0.890. The topological polar surface area (TPSA) is 41.1 Å². The maximum atomic E-state index is 12.5. The average molecular weight is 294 g/mol. The first-order valence-electron chi connectivity index (χ1n) is 6.35. The van der Waals surface area contributed by atoms with Crippen LogP contribution in [0.2, 0.25) is 0 Å². The van der Waals surface area contributed by atoms with Gasteiger partial charge in [-0.3, -0.25) is 4.90 Å². The second kappa shape index (κ2) is 6.04. The molecular formula is C11H17F3N4S. The van der Waals surface area contributed by atoms with Gasteiger partial charge in [-0.05, 0) is 19.3 Å². The van der Waals surface area contributed by atoms with Gasteiger partial charge in [-0.15, -0.1) is 10.2 Å². The van der Waals surface area contributed by atoms with Gasteiger partial charge in [0.05, 0.1) is 13.1 Å². The summed E-state index contributed by atoms with van der Waals surface area (Å²) in [4.78, 5) is 1.45. The summed E-state index contributed by atoms with van der Waals surface area (Å²) >= 11 is 1.33.